The molecule has 3 aromatic rings. The van der Waals surface area contributed by atoms with Crippen LogP contribution in [0, 0.1) is 11.3 Å². The number of nitriles is 1. The first kappa shape index (κ1) is 19.3. The third-order valence-corrected chi connectivity index (χ3v) is 4.78. The number of carbonyl (C=O) groups is 2. The summed E-state index contributed by atoms with van der Waals surface area (Å²) in [5, 5.41) is 14.4. The minimum atomic E-state index is -0.329. The number of hydrogen-bond acceptors (Lipinski definition) is 5. The second kappa shape index (κ2) is 9.44. The molecule has 0 radical (unpaired) electrons. The molecule has 1 heterocycles. The molecule has 7 heteroatoms. The van der Waals surface area contributed by atoms with Gasteiger partial charge in [-0.25, -0.2) is 0 Å². The van der Waals surface area contributed by atoms with Gasteiger partial charge in [0.2, 0.25) is 5.91 Å². The zero-order valence-corrected chi connectivity index (χ0v) is 15.7. The Kier molecular flexibility index (Phi) is 6.50. The largest absolute Gasteiger partial charge is 0.459 e. The molecule has 2 N–H and O–H groups in total. The molecule has 0 aliphatic heterocycles. The van der Waals surface area contributed by atoms with Gasteiger partial charge in [0.15, 0.2) is 5.76 Å². The predicted octanol–water partition coefficient (Wildman–Crippen LogP) is 3.81. The van der Waals surface area contributed by atoms with Crippen LogP contribution in [0.4, 0.5) is 5.69 Å². The molecule has 3 rings (SSSR count). The summed E-state index contributed by atoms with van der Waals surface area (Å²) in [4.78, 5) is 25.0. The van der Waals surface area contributed by atoms with Crippen LogP contribution in [-0.4, -0.2) is 17.6 Å². The lowest BCUT2D eigenvalue weighted by Gasteiger charge is -2.08. The number of thioether (sulfide) groups is 1. The molecule has 2 aromatic carbocycles. The fraction of sp³-hybridized carbons (Fsp3) is 0.0952. The molecule has 0 unspecified atom stereocenters. The van der Waals surface area contributed by atoms with E-state index in [1.165, 1.54) is 18.0 Å². The predicted molar refractivity (Wildman–Crippen MR) is 107 cm³/mol. The van der Waals surface area contributed by atoms with Crippen LogP contribution in [0.15, 0.2) is 76.2 Å². The molecule has 0 aliphatic rings. The van der Waals surface area contributed by atoms with E-state index < -0.39 is 0 Å². The zero-order chi connectivity index (χ0) is 19.8. The number of hydrogen-bond donors (Lipinski definition) is 2. The van der Waals surface area contributed by atoms with Crippen molar-refractivity contribution in [3.05, 3.63) is 83.8 Å². The lowest BCUT2D eigenvalue weighted by atomic mass is 10.2. The Bertz CT molecular complexity index is 992. The Balaban J connectivity index is 1.48. The number of benzene rings is 2. The monoisotopic (exact) mass is 391 g/mol. The van der Waals surface area contributed by atoms with Crippen LogP contribution in [0.3, 0.4) is 0 Å². The summed E-state index contributed by atoms with van der Waals surface area (Å²) in [6.07, 6.45) is 1.44. The summed E-state index contributed by atoms with van der Waals surface area (Å²) < 4.78 is 5.07. The smallest absolute Gasteiger partial charge is 0.291 e. The van der Waals surface area contributed by atoms with Gasteiger partial charge < -0.3 is 15.1 Å². The normalized spacial score (nSPS) is 10.1. The molecular formula is C21H17N3O3S. The van der Waals surface area contributed by atoms with Crippen molar-refractivity contribution in [2.45, 2.75) is 11.4 Å². The van der Waals surface area contributed by atoms with Crippen molar-refractivity contribution in [2.24, 2.45) is 0 Å². The number of rotatable bonds is 7. The van der Waals surface area contributed by atoms with Crippen LogP contribution >= 0.6 is 11.8 Å². The van der Waals surface area contributed by atoms with E-state index in [-0.39, 0.29) is 23.3 Å². The van der Waals surface area contributed by atoms with Gasteiger partial charge in [0.1, 0.15) is 0 Å². The van der Waals surface area contributed by atoms with Gasteiger partial charge in [-0.2, -0.15) is 5.26 Å². The molecule has 0 atom stereocenters. The molecule has 0 aliphatic carbocycles. The molecule has 0 spiro atoms. The highest BCUT2D eigenvalue weighted by Gasteiger charge is 2.09. The Morgan fingerprint density at radius 3 is 2.61 bits per heavy atom. The second-order valence-electron chi connectivity index (χ2n) is 5.83. The standard InChI is InChI=1S/C21H17N3O3S/c22-12-15-6-8-18(9-7-15)28-14-20(25)23-13-16-3-1-4-17(11-16)24-21(26)19-5-2-10-27-19/h1-11H,13-14H2,(H,23,25)(H,24,26). The summed E-state index contributed by atoms with van der Waals surface area (Å²) >= 11 is 1.40. The van der Waals surface area contributed by atoms with Crippen molar-refractivity contribution in [3.63, 3.8) is 0 Å². The van der Waals surface area contributed by atoms with Crippen molar-refractivity contribution in [1.82, 2.24) is 5.32 Å². The maximum Gasteiger partial charge on any atom is 0.291 e. The number of nitrogens with zero attached hydrogens (tertiary/aromatic N) is 1. The first-order valence-electron chi connectivity index (χ1n) is 8.47. The summed E-state index contributed by atoms with van der Waals surface area (Å²) in [6.45, 7) is 0.358. The minimum Gasteiger partial charge on any atom is -0.459 e. The highest BCUT2D eigenvalue weighted by molar-refractivity contribution is 8.00. The van der Waals surface area contributed by atoms with Crippen LogP contribution in [0.1, 0.15) is 21.7 Å². The maximum atomic E-state index is 12.1. The third-order valence-electron chi connectivity index (χ3n) is 3.77. The topological polar surface area (TPSA) is 95.1 Å². The van der Waals surface area contributed by atoms with Crippen molar-refractivity contribution >= 4 is 29.3 Å². The molecule has 1 aromatic heterocycles. The van der Waals surface area contributed by atoms with E-state index in [9.17, 15) is 9.59 Å². The molecule has 0 fully saturated rings. The number of nitrogens with one attached hydrogen (secondary N) is 2. The fourth-order valence-electron chi connectivity index (χ4n) is 2.39. The number of furan rings is 1. The van der Waals surface area contributed by atoms with E-state index in [4.69, 9.17) is 9.68 Å². The van der Waals surface area contributed by atoms with Crippen molar-refractivity contribution in [2.75, 3.05) is 11.1 Å². The van der Waals surface area contributed by atoms with Gasteiger partial charge in [-0.15, -0.1) is 11.8 Å². The number of carbonyl (C=O) groups excluding carboxylic acids is 2. The van der Waals surface area contributed by atoms with Crippen LogP contribution in [-0.2, 0) is 11.3 Å². The van der Waals surface area contributed by atoms with Crippen molar-refractivity contribution in [3.8, 4) is 6.07 Å². The highest BCUT2D eigenvalue weighted by Crippen LogP contribution is 2.18. The maximum absolute atomic E-state index is 12.1. The van der Waals surface area contributed by atoms with Crippen LogP contribution in [0.5, 0.6) is 0 Å². The van der Waals surface area contributed by atoms with Gasteiger partial charge >= 0.3 is 0 Å². The first-order valence-corrected chi connectivity index (χ1v) is 9.46. The Morgan fingerprint density at radius 1 is 1.07 bits per heavy atom. The van der Waals surface area contributed by atoms with E-state index in [0.29, 0.717) is 17.8 Å². The van der Waals surface area contributed by atoms with Gasteiger partial charge in [0.25, 0.3) is 5.91 Å². The highest BCUT2D eigenvalue weighted by atomic mass is 32.2. The molecular weight excluding hydrogens is 374 g/mol. The van der Waals surface area contributed by atoms with E-state index in [1.807, 2.05) is 24.3 Å². The zero-order valence-electron chi connectivity index (χ0n) is 14.8. The number of amides is 2. The van der Waals surface area contributed by atoms with Crippen LogP contribution in [0.25, 0.3) is 0 Å². The van der Waals surface area contributed by atoms with Crippen molar-refractivity contribution < 1.29 is 14.0 Å². The Morgan fingerprint density at radius 2 is 1.89 bits per heavy atom. The van der Waals surface area contributed by atoms with Gasteiger partial charge in [-0.3, -0.25) is 9.59 Å². The molecule has 6 nitrogen and oxygen atoms in total. The molecule has 0 saturated heterocycles. The van der Waals surface area contributed by atoms with E-state index in [0.717, 1.165) is 10.5 Å². The summed E-state index contributed by atoms with van der Waals surface area (Å²) in [5.41, 5.74) is 2.09. The van der Waals surface area contributed by atoms with Gasteiger partial charge in [-0.1, -0.05) is 12.1 Å². The van der Waals surface area contributed by atoms with Crippen molar-refractivity contribution in [1.29, 1.82) is 5.26 Å². The van der Waals surface area contributed by atoms with Gasteiger partial charge in [0.05, 0.1) is 23.6 Å². The number of anilines is 1. The summed E-state index contributed by atoms with van der Waals surface area (Å²) in [5.74, 6) is 0.0869. The van der Waals surface area contributed by atoms with E-state index in [2.05, 4.69) is 16.7 Å². The lowest BCUT2D eigenvalue weighted by molar-refractivity contribution is -0.118. The lowest BCUT2D eigenvalue weighted by Crippen LogP contribution is -2.24. The quantitative estimate of drug-likeness (QED) is 0.597. The first-order chi connectivity index (χ1) is 13.6. The summed E-state index contributed by atoms with van der Waals surface area (Å²) in [7, 11) is 0. The van der Waals surface area contributed by atoms with Crippen LogP contribution in [0.2, 0.25) is 0 Å². The average Bonchev–Trinajstić information content (AvgIpc) is 3.26. The Hall–Kier alpha value is -3.50. The molecule has 2 amide bonds. The molecule has 28 heavy (non-hydrogen) atoms. The average molecular weight is 391 g/mol. The van der Waals surface area contributed by atoms with Gasteiger partial charge in [0, 0.05) is 17.1 Å². The second-order valence-corrected chi connectivity index (χ2v) is 6.88. The third kappa shape index (κ3) is 5.50. The molecule has 0 saturated carbocycles. The summed E-state index contributed by atoms with van der Waals surface area (Å²) in [6, 6.07) is 19.6. The molecule has 0 bridgehead atoms. The van der Waals surface area contributed by atoms with Gasteiger partial charge in [-0.05, 0) is 54.1 Å². The fourth-order valence-corrected chi connectivity index (χ4v) is 3.11. The van der Waals surface area contributed by atoms with Crippen LogP contribution < -0.4 is 10.6 Å². The molecule has 140 valence electrons. The van der Waals surface area contributed by atoms with E-state index >= 15 is 0 Å². The SMILES string of the molecule is N#Cc1ccc(SCC(=O)NCc2cccc(NC(=O)c3ccco3)c2)cc1. The minimum absolute atomic E-state index is 0.0978. The Labute approximate surface area is 166 Å². The van der Waals surface area contributed by atoms with E-state index in [1.54, 1.807) is 36.4 Å².